The Morgan fingerprint density at radius 1 is 1.29 bits per heavy atom. The Labute approximate surface area is 130 Å². The number of rotatable bonds is 5. The van der Waals surface area contributed by atoms with Crippen LogP contribution in [0.1, 0.15) is 15.9 Å². The van der Waals surface area contributed by atoms with Crippen molar-refractivity contribution in [1.29, 1.82) is 0 Å². The van der Waals surface area contributed by atoms with Gasteiger partial charge in [-0.3, -0.25) is 4.79 Å². The minimum absolute atomic E-state index is 0.0375. The highest BCUT2D eigenvalue weighted by Gasteiger charge is 2.08. The van der Waals surface area contributed by atoms with Gasteiger partial charge in [0, 0.05) is 29.0 Å². The fourth-order valence-electron chi connectivity index (χ4n) is 1.78. The summed E-state index contributed by atoms with van der Waals surface area (Å²) in [5, 5.41) is 2.96. The zero-order chi connectivity index (χ0) is 15.2. The number of allylic oxidation sites excluding steroid dienone is 1. The highest BCUT2D eigenvalue weighted by molar-refractivity contribution is 9.10. The van der Waals surface area contributed by atoms with Gasteiger partial charge in [0.05, 0.1) is 5.56 Å². The quantitative estimate of drug-likeness (QED) is 0.492. The van der Waals surface area contributed by atoms with E-state index >= 15 is 0 Å². The van der Waals surface area contributed by atoms with Gasteiger partial charge in [-0.2, -0.15) is 0 Å². The molecule has 5 heteroatoms. The van der Waals surface area contributed by atoms with Crippen LogP contribution in [0.5, 0.6) is 0 Å². The van der Waals surface area contributed by atoms with Gasteiger partial charge in [0.2, 0.25) is 0 Å². The molecule has 0 aromatic heterocycles. The van der Waals surface area contributed by atoms with E-state index < -0.39 is 11.6 Å². The molecule has 0 amide bonds. The Balaban J connectivity index is 1.95. The SMILES string of the molecule is Nc1ccccc1CNC=CC(=O)c1ccc(Br)cc1F. The van der Waals surface area contributed by atoms with E-state index in [-0.39, 0.29) is 5.56 Å². The van der Waals surface area contributed by atoms with Crippen LogP contribution in [0, 0.1) is 5.82 Å². The third-order valence-corrected chi connectivity index (χ3v) is 3.39. The second-order valence-corrected chi connectivity index (χ2v) is 5.32. The lowest BCUT2D eigenvalue weighted by Crippen LogP contribution is -2.08. The molecule has 0 atom stereocenters. The summed E-state index contributed by atoms with van der Waals surface area (Å²) in [6, 6.07) is 11.8. The average Bonchev–Trinajstić information content (AvgIpc) is 2.45. The van der Waals surface area contributed by atoms with Crippen molar-refractivity contribution in [3.05, 3.63) is 76.2 Å². The molecule has 108 valence electrons. The molecule has 0 heterocycles. The molecule has 2 rings (SSSR count). The third kappa shape index (κ3) is 4.16. The molecule has 0 fully saturated rings. The van der Waals surface area contributed by atoms with E-state index in [4.69, 9.17) is 5.73 Å². The molecule has 0 saturated heterocycles. The van der Waals surface area contributed by atoms with Crippen molar-refractivity contribution >= 4 is 27.4 Å². The molecule has 0 bridgehead atoms. The van der Waals surface area contributed by atoms with Gasteiger partial charge >= 0.3 is 0 Å². The molecule has 2 aromatic rings. The minimum atomic E-state index is -0.550. The maximum atomic E-state index is 13.6. The number of halogens is 2. The summed E-state index contributed by atoms with van der Waals surface area (Å²) in [6.07, 6.45) is 2.79. The molecule has 0 aliphatic rings. The lowest BCUT2D eigenvalue weighted by molar-refractivity contribution is 0.104. The fourth-order valence-corrected chi connectivity index (χ4v) is 2.11. The average molecular weight is 349 g/mol. The summed E-state index contributed by atoms with van der Waals surface area (Å²) in [5.74, 6) is -0.945. The summed E-state index contributed by atoms with van der Waals surface area (Å²) in [7, 11) is 0. The molecule has 0 spiro atoms. The van der Waals surface area contributed by atoms with Crippen LogP contribution in [0.4, 0.5) is 10.1 Å². The van der Waals surface area contributed by atoms with E-state index in [2.05, 4.69) is 21.2 Å². The smallest absolute Gasteiger partial charge is 0.190 e. The first-order chi connectivity index (χ1) is 10.1. The van der Waals surface area contributed by atoms with E-state index in [0.717, 1.165) is 5.56 Å². The highest BCUT2D eigenvalue weighted by atomic mass is 79.9. The predicted molar refractivity (Wildman–Crippen MR) is 85.3 cm³/mol. The first-order valence-corrected chi connectivity index (χ1v) is 7.10. The van der Waals surface area contributed by atoms with Gasteiger partial charge in [-0.15, -0.1) is 0 Å². The first-order valence-electron chi connectivity index (χ1n) is 6.30. The standard InChI is InChI=1S/C16H14BrFN2O/c17-12-5-6-13(14(18)9-12)16(21)7-8-20-10-11-3-1-2-4-15(11)19/h1-9,20H,10,19H2. The predicted octanol–water partition coefficient (Wildman–Crippen LogP) is 3.66. The second-order valence-electron chi connectivity index (χ2n) is 4.40. The zero-order valence-electron chi connectivity index (χ0n) is 11.1. The molecule has 0 unspecified atom stereocenters. The fraction of sp³-hybridized carbons (Fsp3) is 0.0625. The van der Waals surface area contributed by atoms with Gasteiger partial charge in [-0.25, -0.2) is 4.39 Å². The van der Waals surface area contributed by atoms with E-state index in [1.54, 1.807) is 6.07 Å². The van der Waals surface area contributed by atoms with Crippen LogP contribution < -0.4 is 11.1 Å². The second kappa shape index (κ2) is 7.04. The molecule has 2 aromatic carbocycles. The summed E-state index contributed by atoms with van der Waals surface area (Å²) in [4.78, 5) is 11.8. The van der Waals surface area contributed by atoms with Gasteiger partial charge in [-0.05, 0) is 29.8 Å². The lowest BCUT2D eigenvalue weighted by atomic mass is 10.1. The lowest BCUT2D eigenvalue weighted by Gasteiger charge is -2.04. The Hall–Kier alpha value is -2.14. The number of para-hydroxylation sites is 1. The first kappa shape index (κ1) is 15.3. The number of carbonyl (C=O) groups is 1. The normalized spacial score (nSPS) is 10.8. The molecule has 3 N–H and O–H groups in total. The van der Waals surface area contributed by atoms with Crippen molar-refractivity contribution < 1.29 is 9.18 Å². The number of nitrogens with one attached hydrogen (secondary N) is 1. The van der Waals surface area contributed by atoms with Crippen molar-refractivity contribution in [1.82, 2.24) is 5.32 Å². The molecule has 3 nitrogen and oxygen atoms in total. The number of anilines is 1. The number of ketones is 1. The van der Waals surface area contributed by atoms with Crippen molar-refractivity contribution in [3.63, 3.8) is 0 Å². The van der Waals surface area contributed by atoms with Gasteiger partial charge in [0.15, 0.2) is 5.78 Å². The number of benzene rings is 2. The Kier molecular flexibility index (Phi) is 5.11. The Morgan fingerprint density at radius 3 is 2.76 bits per heavy atom. The van der Waals surface area contributed by atoms with Gasteiger partial charge in [0.1, 0.15) is 5.82 Å². The van der Waals surface area contributed by atoms with Crippen molar-refractivity contribution in [2.24, 2.45) is 0 Å². The van der Waals surface area contributed by atoms with Crippen molar-refractivity contribution in [2.75, 3.05) is 5.73 Å². The van der Waals surface area contributed by atoms with Crippen LogP contribution in [0.25, 0.3) is 0 Å². The summed E-state index contributed by atoms with van der Waals surface area (Å²) < 4.78 is 14.2. The number of nitrogen functional groups attached to an aromatic ring is 1. The molecule has 0 aliphatic carbocycles. The number of nitrogens with two attached hydrogens (primary N) is 1. The maximum Gasteiger partial charge on any atom is 0.190 e. The number of hydrogen-bond donors (Lipinski definition) is 2. The Morgan fingerprint density at radius 2 is 2.05 bits per heavy atom. The monoisotopic (exact) mass is 348 g/mol. The van der Waals surface area contributed by atoms with Gasteiger partial charge in [0.25, 0.3) is 0 Å². The summed E-state index contributed by atoms with van der Waals surface area (Å²) in [5.41, 5.74) is 7.46. The van der Waals surface area contributed by atoms with E-state index in [9.17, 15) is 9.18 Å². The molecular weight excluding hydrogens is 335 g/mol. The van der Waals surface area contributed by atoms with E-state index in [0.29, 0.717) is 16.7 Å². The van der Waals surface area contributed by atoms with Crippen LogP contribution in [0.3, 0.4) is 0 Å². The minimum Gasteiger partial charge on any atom is -0.398 e. The molecule has 0 aliphatic heterocycles. The van der Waals surface area contributed by atoms with Crippen LogP contribution in [0.15, 0.2) is 59.2 Å². The van der Waals surface area contributed by atoms with Crippen LogP contribution in [-0.4, -0.2) is 5.78 Å². The highest BCUT2D eigenvalue weighted by Crippen LogP contribution is 2.16. The van der Waals surface area contributed by atoms with Gasteiger partial charge in [-0.1, -0.05) is 34.1 Å². The van der Waals surface area contributed by atoms with Crippen molar-refractivity contribution in [2.45, 2.75) is 6.54 Å². The van der Waals surface area contributed by atoms with E-state index in [1.807, 2.05) is 24.3 Å². The zero-order valence-corrected chi connectivity index (χ0v) is 12.7. The van der Waals surface area contributed by atoms with Gasteiger partial charge < -0.3 is 11.1 Å². The topological polar surface area (TPSA) is 55.1 Å². The molecule has 21 heavy (non-hydrogen) atoms. The molecular formula is C16H14BrFN2O. The van der Waals surface area contributed by atoms with Crippen LogP contribution in [0.2, 0.25) is 0 Å². The largest absolute Gasteiger partial charge is 0.398 e. The van der Waals surface area contributed by atoms with Crippen molar-refractivity contribution in [3.8, 4) is 0 Å². The summed E-state index contributed by atoms with van der Waals surface area (Å²) in [6.45, 7) is 0.499. The Bertz CT molecular complexity index is 686. The molecule has 0 radical (unpaired) electrons. The van der Waals surface area contributed by atoms with Crippen LogP contribution >= 0.6 is 15.9 Å². The maximum absolute atomic E-state index is 13.6. The molecule has 0 saturated carbocycles. The number of hydrogen-bond acceptors (Lipinski definition) is 3. The van der Waals surface area contributed by atoms with Crippen LogP contribution in [-0.2, 0) is 6.54 Å². The van der Waals surface area contributed by atoms with E-state index in [1.165, 1.54) is 24.4 Å². The number of carbonyl (C=O) groups excluding carboxylic acids is 1. The summed E-state index contributed by atoms with van der Waals surface area (Å²) >= 11 is 3.15. The third-order valence-electron chi connectivity index (χ3n) is 2.90.